The first kappa shape index (κ1) is 39.5. The summed E-state index contributed by atoms with van der Waals surface area (Å²) in [6.45, 7) is 5.99. The van der Waals surface area contributed by atoms with Crippen LogP contribution >= 0.6 is 0 Å². The lowest BCUT2D eigenvalue weighted by Gasteiger charge is -2.29. The summed E-state index contributed by atoms with van der Waals surface area (Å²) in [5, 5.41) is 21.7. The molecule has 0 saturated heterocycles. The average Bonchev–Trinajstić information content (AvgIpc) is 2.95. The predicted molar refractivity (Wildman–Crippen MR) is 160 cm³/mol. The summed E-state index contributed by atoms with van der Waals surface area (Å²) in [5.74, 6) is -6.57. The minimum Gasteiger partial charge on any atom is -0.480 e. The monoisotopic (exact) mass is 628 g/mol. The van der Waals surface area contributed by atoms with E-state index in [1.807, 2.05) is 0 Å². The lowest BCUT2D eigenvalue weighted by molar-refractivity contribution is -0.142. The van der Waals surface area contributed by atoms with E-state index in [4.69, 9.17) is 22.9 Å². The molecular weight excluding hydrogens is 580 g/mol. The molecule has 0 heterocycles. The summed E-state index contributed by atoms with van der Waals surface area (Å²) in [4.78, 5) is 90.1. The topological polar surface area (TPSA) is 316 Å². The number of nitrogens with one attached hydrogen (secondary N) is 5. The molecule has 0 fully saturated rings. The second-order valence-corrected chi connectivity index (χ2v) is 10.6. The molecule has 18 heteroatoms. The number of amides is 6. The van der Waals surface area contributed by atoms with Gasteiger partial charge >= 0.3 is 5.97 Å². The van der Waals surface area contributed by atoms with Crippen LogP contribution < -0.4 is 49.5 Å². The molecule has 6 amide bonds. The highest BCUT2D eigenvalue weighted by Gasteiger charge is 2.33. The van der Waals surface area contributed by atoms with Gasteiger partial charge in [-0.05, 0) is 31.1 Å². The number of aliphatic carboxylic acids is 1. The van der Waals surface area contributed by atoms with Crippen LogP contribution in [0.25, 0.3) is 0 Å². The Hall–Kier alpha value is -4.48. The summed E-state index contributed by atoms with van der Waals surface area (Å²) in [7, 11) is 0. The maximum Gasteiger partial charge on any atom is 0.326 e. The van der Waals surface area contributed by atoms with E-state index in [1.54, 1.807) is 27.7 Å². The summed E-state index contributed by atoms with van der Waals surface area (Å²) in [5.41, 5.74) is 21.0. The molecule has 0 aromatic rings. The van der Waals surface area contributed by atoms with Crippen LogP contribution in [-0.2, 0) is 33.6 Å². The molecule has 250 valence electrons. The van der Waals surface area contributed by atoms with Crippen molar-refractivity contribution in [2.45, 2.75) is 84.0 Å². The Morgan fingerprint density at radius 1 is 0.773 bits per heavy atom. The fourth-order valence-electron chi connectivity index (χ4n) is 3.83. The smallest absolute Gasteiger partial charge is 0.326 e. The number of nitrogens with zero attached hydrogens (tertiary/aromatic N) is 1. The number of hydrogen-bond donors (Lipinski definition) is 10. The Balaban J connectivity index is 5.48. The van der Waals surface area contributed by atoms with E-state index in [1.165, 1.54) is 0 Å². The van der Waals surface area contributed by atoms with Gasteiger partial charge in [-0.1, -0.05) is 34.1 Å². The van der Waals surface area contributed by atoms with E-state index in [0.717, 1.165) is 0 Å². The van der Waals surface area contributed by atoms with E-state index in [-0.39, 0.29) is 38.2 Å². The Morgan fingerprint density at radius 3 is 1.86 bits per heavy atom. The number of aliphatic imine (C=N–C) groups is 1. The van der Waals surface area contributed by atoms with Crippen LogP contribution in [0.15, 0.2) is 4.99 Å². The molecule has 14 N–H and O–H groups in total. The normalized spacial score (nSPS) is 14.1. The first-order valence-corrected chi connectivity index (χ1v) is 14.3. The zero-order valence-electron chi connectivity index (χ0n) is 25.7. The second-order valence-electron chi connectivity index (χ2n) is 10.6. The number of hydrogen-bond acceptors (Lipinski definition) is 9. The number of carbonyl (C=O) groups excluding carboxylic acids is 6. The van der Waals surface area contributed by atoms with Gasteiger partial charge in [-0.15, -0.1) is 0 Å². The van der Waals surface area contributed by atoms with Gasteiger partial charge in [0.05, 0.1) is 13.1 Å². The van der Waals surface area contributed by atoms with Crippen molar-refractivity contribution in [3.05, 3.63) is 0 Å². The molecule has 18 nitrogen and oxygen atoms in total. The van der Waals surface area contributed by atoms with Gasteiger partial charge in [0.1, 0.15) is 24.2 Å². The Bertz CT molecular complexity index is 1050. The molecule has 0 aliphatic rings. The lowest BCUT2D eigenvalue weighted by Crippen LogP contribution is -2.60. The van der Waals surface area contributed by atoms with Gasteiger partial charge < -0.3 is 54.6 Å². The molecule has 0 rings (SSSR count). The fraction of sp³-hybridized carbons (Fsp3) is 0.692. The summed E-state index contributed by atoms with van der Waals surface area (Å²) >= 11 is 0. The van der Waals surface area contributed by atoms with E-state index >= 15 is 0 Å². The summed E-state index contributed by atoms with van der Waals surface area (Å²) in [6, 6.07) is -4.69. The second kappa shape index (κ2) is 20.4. The number of primary amides is 1. The quantitative estimate of drug-likeness (QED) is 0.0333. The minimum atomic E-state index is -1.28. The summed E-state index contributed by atoms with van der Waals surface area (Å²) < 4.78 is 0. The SMILES string of the molecule is CCC(C)[C@H](NC(=O)[C@H](CCC(N)=O)NC(=O)CN)C(=O)N[C@H](C(=O)NCC(=O)N[C@@H](CCCN=C(N)N)C(=O)O)C(C)C. The zero-order valence-corrected chi connectivity index (χ0v) is 25.7. The number of carboxylic acid groups (broad SMARTS) is 1. The third-order valence-corrected chi connectivity index (χ3v) is 6.56. The van der Waals surface area contributed by atoms with Gasteiger partial charge in [-0.25, -0.2) is 4.79 Å². The van der Waals surface area contributed by atoms with E-state index in [0.29, 0.717) is 6.42 Å². The predicted octanol–water partition coefficient (Wildman–Crippen LogP) is -3.89. The highest BCUT2D eigenvalue weighted by atomic mass is 16.4. The Labute approximate surface area is 256 Å². The highest BCUT2D eigenvalue weighted by Crippen LogP contribution is 2.11. The van der Waals surface area contributed by atoms with E-state index in [2.05, 4.69) is 31.6 Å². The van der Waals surface area contributed by atoms with Crippen LogP contribution in [0.1, 0.15) is 59.8 Å². The maximum atomic E-state index is 13.3. The largest absolute Gasteiger partial charge is 0.480 e. The minimum absolute atomic E-state index is 0.0402. The number of nitrogens with two attached hydrogens (primary N) is 4. The lowest BCUT2D eigenvalue weighted by atomic mass is 9.96. The van der Waals surface area contributed by atoms with Gasteiger partial charge in [0.2, 0.25) is 35.4 Å². The van der Waals surface area contributed by atoms with Crippen LogP contribution in [0, 0.1) is 11.8 Å². The maximum absolute atomic E-state index is 13.3. The highest BCUT2D eigenvalue weighted by molar-refractivity contribution is 5.95. The molecule has 0 bridgehead atoms. The van der Waals surface area contributed by atoms with Crippen LogP contribution in [0.2, 0.25) is 0 Å². The van der Waals surface area contributed by atoms with Gasteiger partial charge in [-0.3, -0.25) is 33.8 Å². The fourth-order valence-corrected chi connectivity index (χ4v) is 3.83. The van der Waals surface area contributed by atoms with Crippen molar-refractivity contribution in [3.8, 4) is 0 Å². The van der Waals surface area contributed by atoms with Gasteiger partial charge in [0, 0.05) is 13.0 Å². The van der Waals surface area contributed by atoms with Crippen LogP contribution in [0.5, 0.6) is 0 Å². The van der Waals surface area contributed by atoms with Crippen molar-refractivity contribution >= 4 is 47.4 Å². The molecule has 0 aliphatic carbocycles. The number of carbonyl (C=O) groups is 7. The van der Waals surface area contributed by atoms with Crippen LogP contribution in [-0.4, -0.2) is 96.3 Å². The standard InChI is InChI=1S/C26H48N10O8/c1-5-14(4)21(36-22(40)15(8-9-17(28)37)33-18(38)11-27)24(42)35-20(13(2)3)23(41)32-12-19(39)34-16(25(43)44)7-6-10-31-26(29)30/h13-16,20-21H,5-12,27H2,1-4H3,(H2,28,37)(H,32,41)(H,33,38)(H,34,39)(H,35,42)(H,36,40)(H,43,44)(H4,29,30,31)/t14?,15-,16-,20-,21-/m0/s1. The molecule has 0 saturated carbocycles. The summed E-state index contributed by atoms with van der Waals surface area (Å²) in [6.07, 6.45) is 0.437. The molecule has 1 unspecified atom stereocenters. The van der Waals surface area contributed by atoms with Crippen LogP contribution in [0.4, 0.5) is 0 Å². The molecule has 0 aromatic carbocycles. The first-order valence-electron chi connectivity index (χ1n) is 14.3. The number of rotatable bonds is 21. The molecule has 5 atom stereocenters. The average molecular weight is 629 g/mol. The molecule has 0 radical (unpaired) electrons. The van der Waals surface area contributed by atoms with Gasteiger partial charge in [-0.2, -0.15) is 0 Å². The Kier molecular flexibility index (Phi) is 18.3. The number of carboxylic acids is 1. The van der Waals surface area contributed by atoms with E-state index < -0.39 is 90.5 Å². The molecule has 0 aliphatic heterocycles. The molecule has 0 spiro atoms. The van der Waals surface area contributed by atoms with Gasteiger partial charge in [0.25, 0.3) is 0 Å². The molecule has 44 heavy (non-hydrogen) atoms. The Morgan fingerprint density at radius 2 is 1.36 bits per heavy atom. The van der Waals surface area contributed by atoms with Crippen molar-refractivity contribution in [2.75, 3.05) is 19.6 Å². The first-order chi connectivity index (χ1) is 20.5. The molecular formula is C26H48N10O8. The van der Waals surface area contributed by atoms with Crippen molar-refractivity contribution in [2.24, 2.45) is 39.8 Å². The zero-order chi connectivity index (χ0) is 34.0. The van der Waals surface area contributed by atoms with Crippen molar-refractivity contribution in [1.82, 2.24) is 26.6 Å². The van der Waals surface area contributed by atoms with Crippen molar-refractivity contribution in [1.29, 1.82) is 0 Å². The van der Waals surface area contributed by atoms with Gasteiger partial charge in [0.15, 0.2) is 5.96 Å². The third kappa shape index (κ3) is 15.7. The molecule has 0 aromatic heterocycles. The number of guanidine groups is 1. The van der Waals surface area contributed by atoms with Crippen molar-refractivity contribution < 1.29 is 38.7 Å². The third-order valence-electron chi connectivity index (χ3n) is 6.56. The van der Waals surface area contributed by atoms with Crippen molar-refractivity contribution in [3.63, 3.8) is 0 Å². The van der Waals surface area contributed by atoms with Crippen LogP contribution in [0.3, 0.4) is 0 Å². The van der Waals surface area contributed by atoms with E-state index in [9.17, 15) is 38.7 Å².